The van der Waals surface area contributed by atoms with E-state index in [4.69, 9.17) is 0 Å². The number of aryl methyl sites for hydroxylation is 1. The normalized spacial score (nSPS) is 15.8. The summed E-state index contributed by atoms with van der Waals surface area (Å²) in [5, 5.41) is 14.8. The van der Waals surface area contributed by atoms with Gasteiger partial charge in [0.15, 0.2) is 0 Å². The molecule has 0 unspecified atom stereocenters. The van der Waals surface area contributed by atoms with E-state index in [1.807, 2.05) is 19.1 Å². The Morgan fingerprint density at radius 3 is 2.44 bits per heavy atom. The molecule has 1 saturated heterocycles. The molecule has 0 aromatic carbocycles. The number of aromatic nitrogens is 2. The van der Waals surface area contributed by atoms with E-state index >= 15 is 0 Å². The van der Waals surface area contributed by atoms with E-state index < -0.39 is 0 Å². The molecule has 2 N–H and O–H groups in total. The molecule has 1 aliphatic heterocycles. The number of piperidine rings is 1. The van der Waals surface area contributed by atoms with Crippen LogP contribution in [0.3, 0.4) is 0 Å². The van der Waals surface area contributed by atoms with Crippen molar-refractivity contribution in [1.82, 2.24) is 15.5 Å². The minimum absolute atomic E-state index is 0. The molecule has 0 radical (unpaired) electrons. The number of nitrogens with zero attached hydrogens (tertiary/aromatic N) is 2. The molecule has 0 amide bonds. The first-order valence-electron chi connectivity index (χ1n) is 5.12. The summed E-state index contributed by atoms with van der Waals surface area (Å²) in [4.78, 5) is 0. The first-order chi connectivity index (χ1) is 6.84. The summed E-state index contributed by atoms with van der Waals surface area (Å²) in [5.74, 6) is 0.891. The molecule has 2 rings (SSSR count). The number of anilines is 1. The van der Waals surface area contributed by atoms with Gasteiger partial charge in [0.25, 0.3) is 0 Å². The summed E-state index contributed by atoms with van der Waals surface area (Å²) in [6.07, 6.45) is 2.32. The third-order valence-corrected chi connectivity index (χ3v) is 2.49. The molecule has 1 aromatic heterocycles. The van der Waals surface area contributed by atoms with Crippen LogP contribution < -0.4 is 10.6 Å². The second-order valence-corrected chi connectivity index (χ2v) is 3.73. The lowest BCUT2D eigenvalue weighted by atomic mass is 10.1. The van der Waals surface area contributed by atoms with Gasteiger partial charge in [0.1, 0.15) is 5.82 Å². The monoisotopic (exact) mass is 352 g/mol. The van der Waals surface area contributed by atoms with E-state index in [0.717, 1.165) is 37.4 Å². The summed E-state index contributed by atoms with van der Waals surface area (Å²) < 4.78 is 0. The standard InChI is InChI=1S/C10H16N4.2BrH/c1-8-2-3-10(14-13-8)12-9-4-6-11-7-5-9;;/h2-3,9,11H,4-7H2,1H3,(H,12,14);2*1H. The van der Waals surface area contributed by atoms with Crippen LogP contribution in [0, 0.1) is 6.92 Å². The molecule has 0 atom stereocenters. The second kappa shape index (κ2) is 7.97. The largest absolute Gasteiger partial charge is 0.366 e. The Labute approximate surface area is 117 Å². The van der Waals surface area contributed by atoms with E-state index in [1.165, 1.54) is 0 Å². The van der Waals surface area contributed by atoms with Gasteiger partial charge in [-0.15, -0.1) is 39.1 Å². The lowest BCUT2D eigenvalue weighted by Crippen LogP contribution is -2.35. The minimum Gasteiger partial charge on any atom is -0.366 e. The molecule has 6 heteroatoms. The van der Waals surface area contributed by atoms with Crippen LogP contribution >= 0.6 is 34.0 Å². The maximum absolute atomic E-state index is 4.09. The summed E-state index contributed by atoms with van der Waals surface area (Å²) in [6, 6.07) is 4.52. The zero-order valence-electron chi connectivity index (χ0n) is 9.27. The van der Waals surface area contributed by atoms with Crippen molar-refractivity contribution >= 4 is 39.8 Å². The van der Waals surface area contributed by atoms with Gasteiger partial charge in [0.2, 0.25) is 0 Å². The quantitative estimate of drug-likeness (QED) is 0.854. The lowest BCUT2D eigenvalue weighted by Gasteiger charge is -2.23. The Balaban J connectivity index is 0.00000112. The summed E-state index contributed by atoms with van der Waals surface area (Å²) in [7, 11) is 0. The zero-order valence-corrected chi connectivity index (χ0v) is 12.7. The van der Waals surface area contributed by atoms with Crippen molar-refractivity contribution in [1.29, 1.82) is 0 Å². The maximum atomic E-state index is 4.09. The van der Waals surface area contributed by atoms with Crippen molar-refractivity contribution in [3.63, 3.8) is 0 Å². The van der Waals surface area contributed by atoms with Crippen LogP contribution in [0.4, 0.5) is 5.82 Å². The number of hydrogen-bond donors (Lipinski definition) is 2. The highest BCUT2D eigenvalue weighted by Gasteiger charge is 2.12. The molecule has 1 fully saturated rings. The Morgan fingerprint density at radius 2 is 1.88 bits per heavy atom. The van der Waals surface area contributed by atoms with Gasteiger partial charge in [-0.3, -0.25) is 0 Å². The predicted molar refractivity (Wildman–Crippen MR) is 76.9 cm³/mol. The summed E-state index contributed by atoms with van der Waals surface area (Å²) in [6.45, 7) is 4.13. The third kappa shape index (κ3) is 4.76. The fraction of sp³-hybridized carbons (Fsp3) is 0.600. The van der Waals surface area contributed by atoms with E-state index in [9.17, 15) is 0 Å². The number of nitrogens with one attached hydrogen (secondary N) is 2. The van der Waals surface area contributed by atoms with Gasteiger partial charge in [0.05, 0.1) is 5.69 Å². The van der Waals surface area contributed by atoms with Crippen LogP contribution in [-0.4, -0.2) is 29.3 Å². The Bertz CT molecular complexity index is 285. The Morgan fingerprint density at radius 1 is 1.19 bits per heavy atom. The van der Waals surface area contributed by atoms with Crippen LogP contribution in [0.1, 0.15) is 18.5 Å². The first-order valence-corrected chi connectivity index (χ1v) is 5.12. The first kappa shape index (κ1) is 15.8. The van der Waals surface area contributed by atoms with Crippen molar-refractivity contribution in [3.8, 4) is 0 Å². The summed E-state index contributed by atoms with van der Waals surface area (Å²) in [5.41, 5.74) is 0.959. The van der Waals surface area contributed by atoms with Crippen LogP contribution in [0.2, 0.25) is 0 Å². The van der Waals surface area contributed by atoms with Crippen molar-refractivity contribution in [3.05, 3.63) is 17.8 Å². The molecule has 0 spiro atoms. The fourth-order valence-electron chi connectivity index (χ4n) is 1.65. The molecule has 2 heterocycles. The maximum Gasteiger partial charge on any atom is 0.148 e. The molecule has 1 aromatic rings. The average molecular weight is 354 g/mol. The minimum atomic E-state index is 0. The number of hydrogen-bond acceptors (Lipinski definition) is 4. The molecule has 16 heavy (non-hydrogen) atoms. The molecule has 0 aliphatic carbocycles. The lowest BCUT2D eigenvalue weighted by molar-refractivity contribution is 0.478. The van der Waals surface area contributed by atoms with Gasteiger partial charge in [0, 0.05) is 6.04 Å². The average Bonchev–Trinajstić information content (AvgIpc) is 2.23. The van der Waals surface area contributed by atoms with Crippen molar-refractivity contribution < 1.29 is 0 Å². The number of rotatable bonds is 2. The SMILES string of the molecule is Br.Br.Cc1ccc(NC2CCNCC2)nn1. The highest BCUT2D eigenvalue weighted by Crippen LogP contribution is 2.09. The summed E-state index contributed by atoms with van der Waals surface area (Å²) >= 11 is 0. The molecule has 0 saturated carbocycles. The Kier molecular flexibility index (Phi) is 7.87. The number of halogens is 2. The van der Waals surface area contributed by atoms with Gasteiger partial charge in [-0.2, -0.15) is 5.10 Å². The van der Waals surface area contributed by atoms with Gasteiger partial charge in [-0.1, -0.05) is 0 Å². The molecule has 1 aliphatic rings. The van der Waals surface area contributed by atoms with Crippen LogP contribution in [0.5, 0.6) is 0 Å². The van der Waals surface area contributed by atoms with Crippen molar-refractivity contribution in [2.45, 2.75) is 25.8 Å². The van der Waals surface area contributed by atoms with Crippen LogP contribution in [0.25, 0.3) is 0 Å². The zero-order chi connectivity index (χ0) is 9.80. The Hall–Kier alpha value is -0.200. The molecule has 0 bridgehead atoms. The molecule has 4 nitrogen and oxygen atoms in total. The topological polar surface area (TPSA) is 49.8 Å². The van der Waals surface area contributed by atoms with Gasteiger partial charge in [-0.25, -0.2) is 0 Å². The van der Waals surface area contributed by atoms with E-state index in [0.29, 0.717) is 6.04 Å². The van der Waals surface area contributed by atoms with E-state index in [1.54, 1.807) is 0 Å². The van der Waals surface area contributed by atoms with Gasteiger partial charge >= 0.3 is 0 Å². The van der Waals surface area contributed by atoms with Gasteiger partial charge in [-0.05, 0) is 45.0 Å². The highest BCUT2D eigenvalue weighted by molar-refractivity contribution is 8.93. The third-order valence-electron chi connectivity index (χ3n) is 2.49. The predicted octanol–water partition coefficient (Wildman–Crippen LogP) is 2.10. The van der Waals surface area contributed by atoms with E-state index in [-0.39, 0.29) is 34.0 Å². The van der Waals surface area contributed by atoms with E-state index in [2.05, 4.69) is 20.8 Å². The fourth-order valence-corrected chi connectivity index (χ4v) is 1.65. The highest BCUT2D eigenvalue weighted by atomic mass is 79.9. The molecular formula is C10H18Br2N4. The van der Waals surface area contributed by atoms with Crippen LogP contribution in [0.15, 0.2) is 12.1 Å². The van der Waals surface area contributed by atoms with Crippen molar-refractivity contribution in [2.24, 2.45) is 0 Å². The van der Waals surface area contributed by atoms with Gasteiger partial charge < -0.3 is 10.6 Å². The van der Waals surface area contributed by atoms with Crippen molar-refractivity contribution in [2.75, 3.05) is 18.4 Å². The molecular weight excluding hydrogens is 336 g/mol. The molecule has 92 valence electrons. The van der Waals surface area contributed by atoms with Crippen LogP contribution in [-0.2, 0) is 0 Å². The smallest absolute Gasteiger partial charge is 0.148 e. The second-order valence-electron chi connectivity index (χ2n) is 3.73.